The first-order chi connectivity index (χ1) is 13.0. The molecule has 134 valence electrons. The Morgan fingerprint density at radius 2 is 1.81 bits per heavy atom. The summed E-state index contributed by atoms with van der Waals surface area (Å²) in [7, 11) is 0. The quantitative estimate of drug-likeness (QED) is 0.364. The molecule has 0 atom stereocenters. The van der Waals surface area contributed by atoms with Crippen LogP contribution >= 0.6 is 39.1 Å². The number of carbonyl (C=O) groups excluding carboxylic acids is 1. The van der Waals surface area contributed by atoms with Gasteiger partial charge in [0.1, 0.15) is 5.52 Å². The number of nitrogens with one attached hydrogen (secondary N) is 1. The van der Waals surface area contributed by atoms with Crippen molar-refractivity contribution in [2.45, 2.75) is 0 Å². The van der Waals surface area contributed by atoms with Crippen LogP contribution in [0.15, 0.2) is 69.6 Å². The summed E-state index contributed by atoms with van der Waals surface area (Å²) in [6.45, 7) is 0. The molecule has 4 aromatic rings. The van der Waals surface area contributed by atoms with Gasteiger partial charge in [-0.25, -0.2) is 4.98 Å². The number of halogens is 3. The normalized spacial score (nSPS) is 10.9. The zero-order chi connectivity index (χ0) is 19.0. The second kappa shape index (κ2) is 7.35. The Bertz CT molecular complexity index is 1170. The van der Waals surface area contributed by atoms with Crippen molar-refractivity contribution in [3.63, 3.8) is 0 Å². The molecule has 0 aliphatic carbocycles. The molecular formula is C20H11BrCl2N2O2. The van der Waals surface area contributed by atoms with Crippen LogP contribution in [0.25, 0.3) is 22.6 Å². The van der Waals surface area contributed by atoms with Gasteiger partial charge < -0.3 is 9.73 Å². The summed E-state index contributed by atoms with van der Waals surface area (Å²) in [6, 6.07) is 17.7. The number of nitrogens with zero attached hydrogens (tertiary/aromatic N) is 1. The third-order valence-corrected chi connectivity index (χ3v) is 5.36. The van der Waals surface area contributed by atoms with Crippen LogP contribution in [-0.2, 0) is 0 Å². The Hall–Kier alpha value is -2.34. The fraction of sp³-hybridized carbons (Fsp3) is 0. The average Bonchev–Trinajstić information content (AvgIpc) is 3.07. The molecular weight excluding hydrogens is 451 g/mol. The van der Waals surface area contributed by atoms with Crippen LogP contribution in [-0.4, -0.2) is 10.9 Å². The summed E-state index contributed by atoms with van der Waals surface area (Å²) in [5.74, 6) is 0.216. The first-order valence-electron chi connectivity index (χ1n) is 7.93. The van der Waals surface area contributed by atoms with Gasteiger partial charge in [-0.3, -0.25) is 4.79 Å². The van der Waals surface area contributed by atoms with E-state index in [1.807, 2.05) is 18.2 Å². The van der Waals surface area contributed by atoms with E-state index >= 15 is 0 Å². The molecule has 4 rings (SSSR count). The number of anilines is 1. The molecule has 0 unspecified atom stereocenters. The Balaban J connectivity index is 1.64. The van der Waals surface area contributed by atoms with Gasteiger partial charge in [-0.15, -0.1) is 0 Å². The molecule has 27 heavy (non-hydrogen) atoms. The van der Waals surface area contributed by atoms with Crippen LogP contribution in [0, 0.1) is 0 Å². The van der Waals surface area contributed by atoms with Crippen molar-refractivity contribution in [1.82, 2.24) is 4.98 Å². The van der Waals surface area contributed by atoms with Crippen molar-refractivity contribution in [2.24, 2.45) is 0 Å². The third-order valence-electron chi connectivity index (χ3n) is 3.93. The van der Waals surface area contributed by atoms with Crippen molar-refractivity contribution in [3.05, 3.63) is 80.7 Å². The molecule has 3 aromatic carbocycles. The van der Waals surface area contributed by atoms with E-state index in [1.54, 1.807) is 42.5 Å². The highest BCUT2D eigenvalue weighted by molar-refractivity contribution is 9.10. The summed E-state index contributed by atoms with van der Waals surface area (Å²) in [5.41, 5.74) is 3.13. The maximum Gasteiger partial charge on any atom is 0.256 e. The van der Waals surface area contributed by atoms with Crippen molar-refractivity contribution in [2.75, 3.05) is 5.32 Å². The number of hydrogen-bond donors (Lipinski definition) is 1. The minimum absolute atomic E-state index is 0.213. The number of rotatable bonds is 3. The first kappa shape index (κ1) is 18.0. The van der Waals surface area contributed by atoms with Crippen LogP contribution in [0.1, 0.15) is 10.4 Å². The van der Waals surface area contributed by atoms with Crippen molar-refractivity contribution >= 4 is 61.8 Å². The average molecular weight is 462 g/mol. The zero-order valence-electron chi connectivity index (χ0n) is 13.7. The van der Waals surface area contributed by atoms with E-state index in [2.05, 4.69) is 26.2 Å². The molecule has 1 aromatic heterocycles. The molecule has 0 aliphatic heterocycles. The standard InChI is InChI=1S/C20H11BrCl2N2O2/c21-14-4-2-1-3-13(14)19(26)24-12-6-8-18-17(10-12)25-20(27-18)11-5-7-15(22)16(23)9-11/h1-10H,(H,24,26). The second-order valence-corrected chi connectivity index (χ2v) is 7.43. The number of carbonyl (C=O) groups is 1. The summed E-state index contributed by atoms with van der Waals surface area (Å²) in [6.07, 6.45) is 0. The fourth-order valence-electron chi connectivity index (χ4n) is 2.60. The molecule has 4 nitrogen and oxygen atoms in total. The molecule has 0 saturated heterocycles. The molecule has 0 fully saturated rings. The highest BCUT2D eigenvalue weighted by Gasteiger charge is 2.13. The van der Waals surface area contributed by atoms with E-state index in [4.69, 9.17) is 27.6 Å². The zero-order valence-corrected chi connectivity index (χ0v) is 16.8. The Labute approximate surface area is 173 Å². The Morgan fingerprint density at radius 1 is 1.00 bits per heavy atom. The number of fused-ring (bicyclic) bond motifs is 1. The van der Waals surface area contributed by atoms with E-state index in [9.17, 15) is 4.79 Å². The predicted molar refractivity (Wildman–Crippen MR) is 112 cm³/mol. The summed E-state index contributed by atoms with van der Waals surface area (Å²) >= 11 is 15.4. The maximum atomic E-state index is 12.5. The largest absolute Gasteiger partial charge is 0.436 e. The lowest BCUT2D eigenvalue weighted by Crippen LogP contribution is -2.12. The van der Waals surface area contributed by atoms with Crippen LogP contribution in [0.4, 0.5) is 5.69 Å². The monoisotopic (exact) mass is 460 g/mol. The number of aromatic nitrogens is 1. The van der Waals surface area contributed by atoms with Gasteiger partial charge in [-0.2, -0.15) is 0 Å². The number of hydrogen-bond acceptors (Lipinski definition) is 3. The molecule has 0 radical (unpaired) electrons. The Morgan fingerprint density at radius 3 is 2.59 bits per heavy atom. The van der Waals surface area contributed by atoms with Crippen LogP contribution < -0.4 is 5.32 Å². The van der Waals surface area contributed by atoms with Crippen LogP contribution in [0.2, 0.25) is 10.0 Å². The summed E-state index contributed by atoms with van der Waals surface area (Å²) in [5, 5.41) is 3.76. The number of amides is 1. The second-order valence-electron chi connectivity index (χ2n) is 5.76. The summed E-state index contributed by atoms with van der Waals surface area (Å²) < 4.78 is 6.51. The third kappa shape index (κ3) is 3.72. The molecule has 0 saturated carbocycles. The predicted octanol–water partition coefficient (Wildman–Crippen LogP) is 6.82. The van der Waals surface area contributed by atoms with E-state index in [-0.39, 0.29) is 5.91 Å². The molecule has 1 amide bonds. The van der Waals surface area contributed by atoms with Crippen LogP contribution in [0.5, 0.6) is 0 Å². The minimum Gasteiger partial charge on any atom is -0.436 e. The van der Waals surface area contributed by atoms with E-state index < -0.39 is 0 Å². The van der Waals surface area contributed by atoms with Gasteiger partial charge in [-0.1, -0.05) is 35.3 Å². The highest BCUT2D eigenvalue weighted by Crippen LogP contribution is 2.31. The van der Waals surface area contributed by atoms with Crippen LogP contribution in [0.3, 0.4) is 0 Å². The molecule has 0 bridgehead atoms. The van der Waals surface area contributed by atoms with Gasteiger partial charge in [0.05, 0.1) is 15.6 Å². The van der Waals surface area contributed by atoms with E-state index in [0.29, 0.717) is 38.3 Å². The van der Waals surface area contributed by atoms with Crippen molar-refractivity contribution < 1.29 is 9.21 Å². The smallest absolute Gasteiger partial charge is 0.256 e. The maximum absolute atomic E-state index is 12.5. The lowest BCUT2D eigenvalue weighted by atomic mass is 10.2. The topological polar surface area (TPSA) is 55.1 Å². The van der Waals surface area contributed by atoms with E-state index in [0.717, 1.165) is 10.0 Å². The van der Waals surface area contributed by atoms with E-state index in [1.165, 1.54) is 0 Å². The molecule has 7 heteroatoms. The number of benzene rings is 3. The highest BCUT2D eigenvalue weighted by atomic mass is 79.9. The Kier molecular flexibility index (Phi) is 4.91. The lowest BCUT2D eigenvalue weighted by Gasteiger charge is -2.06. The minimum atomic E-state index is -0.213. The van der Waals surface area contributed by atoms with Gasteiger partial charge in [0.2, 0.25) is 5.89 Å². The first-order valence-corrected chi connectivity index (χ1v) is 9.48. The number of oxazole rings is 1. The molecule has 0 spiro atoms. The van der Waals surface area contributed by atoms with Gasteiger partial charge >= 0.3 is 0 Å². The fourth-order valence-corrected chi connectivity index (χ4v) is 3.36. The summed E-state index contributed by atoms with van der Waals surface area (Å²) in [4.78, 5) is 16.9. The van der Waals surface area contributed by atoms with Gasteiger partial charge in [0.15, 0.2) is 5.58 Å². The van der Waals surface area contributed by atoms with Crippen molar-refractivity contribution in [3.8, 4) is 11.5 Å². The van der Waals surface area contributed by atoms with Gasteiger partial charge in [0.25, 0.3) is 5.91 Å². The lowest BCUT2D eigenvalue weighted by molar-refractivity contribution is 0.102. The molecule has 1 heterocycles. The van der Waals surface area contributed by atoms with Crippen molar-refractivity contribution in [1.29, 1.82) is 0 Å². The molecule has 0 aliphatic rings. The van der Waals surface area contributed by atoms with Gasteiger partial charge in [-0.05, 0) is 64.5 Å². The molecule has 1 N–H and O–H groups in total. The van der Waals surface area contributed by atoms with Gasteiger partial charge in [0, 0.05) is 15.7 Å². The SMILES string of the molecule is O=C(Nc1ccc2oc(-c3ccc(Cl)c(Cl)c3)nc2c1)c1ccccc1Br.